The number of benzene rings is 1. The van der Waals surface area contributed by atoms with E-state index < -0.39 is 0 Å². The molecule has 0 radical (unpaired) electrons. The van der Waals surface area contributed by atoms with Crippen LogP contribution in [0.25, 0.3) is 0 Å². The summed E-state index contributed by atoms with van der Waals surface area (Å²) in [4.78, 5) is 25.7. The van der Waals surface area contributed by atoms with Crippen molar-refractivity contribution in [3.63, 3.8) is 0 Å². The van der Waals surface area contributed by atoms with E-state index in [-0.39, 0.29) is 29.2 Å². The van der Waals surface area contributed by atoms with Gasteiger partial charge in [-0.3, -0.25) is 9.59 Å². The van der Waals surface area contributed by atoms with E-state index in [0.29, 0.717) is 30.5 Å². The van der Waals surface area contributed by atoms with Crippen LogP contribution < -0.4 is 5.32 Å². The Kier molecular flexibility index (Phi) is 3.76. The minimum atomic E-state index is -0.203. The van der Waals surface area contributed by atoms with Crippen molar-refractivity contribution in [1.29, 1.82) is 0 Å². The molecule has 2 aliphatic heterocycles. The number of nitrogens with one attached hydrogen (secondary N) is 1. The van der Waals surface area contributed by atoms with Crippen LogP contribution in [0.15, 0.2) is 18.2 Å². The number of likely N-dealkylation sites (tertiary alicyclic amines) is 1. The van der Waals surface area contributed by atoms with Crippen LogP contribution >= 0.6 is 11.6 Å². The highest BCUT2D eigenvalue weighted by Crippen LogP contribution is 2.28. The third-order valence-electron chi connectivity index (χ3n) is 4.30. The highest BCUT2D eigenvalue weighted by molar-refractivity contribution is 6.31. The Morgan fingerprint density at radius 1 is 1.38 bits per heavy atom. The second kappa shape index (κ2) is 5.56. The van der Waals surface area contributed by atoms with Gasteiger partial charge >= 0.3 is 0 Å². The number of hydrogen-bond donors (Lipinski definition) is 2. The molecule has 112 valence electrons. The molecule has 0 saturated carbocycles. The smallest absolute Gasteiger partial charge is 0.257 e. The first-order chi connectivity index (χ1) is 10.0. The quantitative estimate of drug-likeness (QED) is 0.831. The maximum Gasteiger partial charge on any atom is 0.257 e. The van der Waals surface area contributed by atoms with Gasteiger partial charge in [-0.2, -0.15) is 0 Å². The molecule has 2 saturated heterocycles. The summed E-state index contributed by atoms with van der Waals surface area (Å²) in [5.74, 6) is 0.138. The first-order valence-corrected chi connectivity index (χ1v) is 7.49. The molecule has 6 heteroatoms. The van der Waals surface area contributed by atoms with Crippen LogP contribution in [0.4, 0.5) is 0 Å². The lowest BCUT2D eigenvalue weighted by atomic mass is 9.85. The van der Waals surface area contributed by atoms with E-state index >= 15 is 0 Å². The van der Waals surface area contributed by atoms with Gasteiger partial charge in [-0.15, -0.1) is 0 Å². The molecule has 2 atom stereocenters. The third kappa shape index (κ3) is 2.83. The number of nitrogens with zero attached hydrogens (tertiary/aromatic N) is 1. The molecule has 0 spiro atoms. The fraction of sp³-hybridized carbons (Fsp3) is 0.467. The van der Waals surface area contributed by atoms with Gasteiger partial charge in [0.2, 0.25) is 5.91 Å². The number of amides is 2. The van der Waals surface area contributed by atoms with E-state index in [1.54, 1.807) is 11.0 Å². The van der Waals surface area contributed by atoms with Gasteiger partial charge in [-0.05, 0) is 37.0 Å². The van der Waals surface area contributed by atoms with Crippen molar-refractivity contribution in [2.45, 2.75) is 25.3 Å². The Bertz CT molecular complexity index is 590. The van der Waals surface area contributed by atoms with Crippen molar-refractivity contribution in [3.8, 4) is 5.75 Å². The molecular weight excluding hydrogens is 292 g/mol. The summed E-state index contributed by atoms with van der Waals surface area (Å²) < 4.78 is 0. The van der Waals surface area contributed by atoms with Crippen molar-refractivity contribution >= 4 is 23.4 Å². The van der Waals surface area contributed by atoms with Crippen LogP contribution in [0.1, 0.15) is 29.6 Å². The summed E-state index contributed by atoms with van der Waals surface area (Å²) in [6.07, 6.45) is 2.08. The van der Waals surface area contributed by atoms with Crippen molar-refractivity contribution in [2.75, 3.05) is 13.1 Å². The fourth-order valence-electron chi connectivity index (χ4n) is 3.14. The van der Waals surface area contributed by atoms with Crippen LogP contribution in [0, 0.1) is 5.92 Å². The lowest BCUT2D eigenvalue weighted by molar-refractivity contribution is -0.125. The number of rotatable bonds is 1. The molecule has 2 fully saturated rings. The Labute approximate surface area is 127 Å². The largest absolute Gasteiger partial charge is 0.507 e. The van der Waals surface area contributed by atoms with Gasteiger partial charge in [0, 0.05) is 30.6 Å². The number of halogens is 1. The van der Waals surface area contributed by atoms with E-state index in [1.807, 2.05) is 0 Å². The van der Waals surface area contributed by atoms with Gasteiger partial charge < -0.3 is 15.3 Å². The number of aromatic hydroxyl groups is 1. The van der Waals surface area contributed by atoms with E-state index in [0.717, 1.165) is 12.8 Å². The molecule has 3 rings (SSSR count). The summed E-state index contributed by atoms with van der Waals surface area (Å²) in [6.45, 7) is 1.18. The molecule has 2 unspecified atom stereocenters. The van der Waals surface area contributed by atoms with Gasteiger partial charge in [0.25, 0.3) is 5.91 Å². The highest BCUT2D eigenvalue weighted by Gasteiger charge is 2.35. The average Bonchev–Trinajstić information content (AvgIpc) is 2.48. The van der Waals surface area contributed by atoms with E-state index in [1.165, 1.54) is 12.1 Å². The molecule has 2 heterocycles. The Hall–Kier alpha value is -1.75. The summed E-state index contributed by atoms with van der Waals surface area (Å²) >= 11 is 5.90. The first kappa shape index (κ1) is 14.2. The second-order valence-electron chi connectivity index (χ2n) is 5.67. The Morgan fingerprint density at radius 3 is 3.00 bits per heavy atom. The first-order valence-electron chi connectivity index (χ1n) is 7.12. The van der Waals surface area contributed by atoms with Gasteiger partial charge in [0.15, 0.2) is 0 Å². The fourth-order valence-corrected chi connectivity index (χ4v) is 3.32. The molecule has 0 aromatic heterocycles. The average molecular weight is 309 g/mol. The topological polar surface area (TPSA) is 69.6 Å². The van der Waals surface area contributed by atoms with Crippen LogP contribution in [0.3, 0.4) is 0 Å². The minimum absolute atomic E-state index is 0.0523. The molecule has 5 nitrogen and oxygen atoms in total. The molecule has 0 bridgehead atoms. The van der Waals surface area contributed by atoms with Gasteiger partial charge in [-0.25, -0.2) is 0 Å². The standard InChI is InChI=1S/C15H17ClN2O3/c16-10-2-3-13(19)11(7-10)15(21)18-6-5-12-9(8-18)1-4-14(20)17-12/h2-3,7,9,12,19H,1,4-6,8H2,(H,17,20). The van der Waals surface area contributed by atoms with Crippen molar-refractivity contribution in [1.82, 2.24) is 10.2 Å². The molecule has 0 aliphatic carbocycles. The second-order valence-corrected chi connectivity index (χ2v) is 6.11. The predicted octanol–water partition coefficient (Wildman–Crippen LogP) is 1.79. The number of fused-ring (bicyclic) bond motifs is 1. The highest BCUT2D eigenvalue weighted by atomic mass is 35.5. The van der Waals surface area contributed by atoms with Gasteiger partial charge in [0.05, 0.1) is 5.56 Å². The molecule has 2 amide bonds. The Balaban J connectivity index is 1.74. The number of phenolic OH excluding ortho intramolecular Hbond substituents is 1. The third-order valence-corrected chi connectivity index (χ3v) is 4.53. The number of piperidine rings is 2. The number of carbonyl (C=O) groups excluding carboxylic acids is 2. The zero-order chi connectivity index (χ0) is 15.0. The maximum absolute atomic E-state index is 12.5. The number of phenols is 1. The normalized spacial score (nSPS) is 25.2. The minimum Gasteiger partial charge on any atom is -0.507 e. The SMILES string of the molecule is O=C1CCC2CN(C(=O)c3cc(Cl)ccc3O)CCC2N1. The zero-order valence-corrected chi connectivity index (χ0v) is 12.3. The molecule has 2 aliphatic rings. The van der Waals surface area contributed by atoms with Gasteiger partial charge in [-0.1, -0.05) is 11.6 Å². The summed E-state index contributed by atoms with van der Waals surface area (Å²) in [7, 11) is 0. The van der Waals surface area contributed by atoms with Gasteiger partial charge in [0.1, 0.15) is 5.75 Å². The Morgan fingerprint density at radius 2 is 2.19 bits per heavy atom. The van der Waals surface area contributed by atoms with Crippen LogP contribution in [0.2, 0.25) is 5.02 Å². The molecule has 1 aromatic carbocycles. The van der Waals surface area contributed by atoms with Crippen LogP contribution in [0.5, 0.6) is 5.75 Å². The number of carbonyl (C=O) groups is 2. The lowest BCUT2D eigenvalue weighted by Gasteiger charge is -2.41. The van der Waals surface area contributed by atoms with Crippen molar-refractivity contribution in [2.24, 2.45) is 5.92 Å². The molecule has 21 heavy (non-hydrogen) atoms. The maximum atomic E-state index is 12.5. The summed E-state index contributed by atoms with van der Waals surface area (Å²) in [5.41, 5.74) is 0.237. The predicted molar refractivity (Wildman–Crippen MR) is 78.3 cm³/mol. The zero-order valence-electron chi connectivity index (χ0n) is 11.5. The summed E-state index contributed by atoms with van der Waals surface area (Å²) in [5, 5.41) is 13.3. The van der Waals surface area contributed by atoms with Crippen molar-refractivity contribution < 1.29 is 14.7 Å². The lowest BCUT2D eigenvalue weighted by Crippen LogP contribution is -2.55. The van der Waals surface area contributed by atoms with E-state index in [4.69, 9.17) is 11.6 Å². The molecular formula is C15H17ClN2O3. The van der Waals surface area contributed by atoms with E-state index in [9.17, 15) is 14.7 Å². The summed E-state index contributed by atoms with van der Waals surface area (Å²) in [6, 6.07) is 4.65. The van der Waals surface area contributed by atoms with Crippen LogP contribution in [-0.4, -0.2) is 41.0 Å². The molecule has 1 aromatic rings. The van der Waals surface area contributed by atoms with Crippen LogP contribution in [-0.2, 0) is 4.79 Å². The monoisotopic (exact) mass is 308 g/mol. The van der Waals surface area contributed by atoms with E-state index in [2.05, 4.69) is 5.32 Å². The number of hydrogen-bond acceptors (Lipinski definition) is 3. The van der Waals surface area contributed by atoms with Crippen molar-refractivity contribution in [3.05, 3.63) is 28.8 Å². The molecule has 2 N–H and O–H groups in total.